The van der Waals surface area contributed by atoms with Crippen LogP contribution >= 0.6 is 0 Å². The Hall–Kier alpha value is -0.760. The third kappa shape index (κ3) is 3.09. The average Bonchev–Trinajstić information content (AvgIpc) is 2.11. The van der Waals surface area contributed by atoms with E-state index in [4.69, 9.17) is 0 Å². The summed E-state index contributed by atoms with van der Waals surface area (Å²) >= 11 is 0. The molecule has 0 heterocycles. The van der Waals surface area contributed by atoms with Gasteiger partial charge < -0.3 is 5.01 Å². The molecule has 0 aliphatic rings. The lowest BCUT2D eigenvalue weighted by atomic mass is 10.3. The van der Waals surface area contributed by atoms with Crippen molar-refractivity contribution in [1.29, 1.82) is 0 Å². The summed E-state index contributed by atoms with van der Waals surface area (Å²) in [7, 11) is 4.15. The minimum Gasteiger partial charge on any atom is -0.313 e. The monoisotopic (exact) mass is 168 g/mol. The summed E-state index contributed by atoms with van der Waals surface area (Å²) in [5, 5.41) is 4.32. The summed E-state index contributed by atoms with van der Waals surface area (Å²) in [6.45, 7) is 9.00. The Balaban J connectivity index is 4.30. The molecule has 2 nitrogen and oxygen atoms in total. The van der Waals surface area contributed by atoms with Crippen LogP contribution in [0.4, 0.5) is 0 Å². The normalized spacial score (nSPS) is 11.9. The van der Waals surface area contributed by atoms with Crippen LogP contribution in [0.5, 0.6) is 0 Å². The highest BCUT2D eigenvalue weighted by atomic mass is 15.6. The van der Waals surface area contributed by atoms with E-state index in [0.717, 1.165) is 13.0 Å². The topological polar surface area (TPSA) is 6.48 Å². The summed E-state index contributed by atoms with van der Waals surface area (Å²) in [4.78, 5) is 0. The summed E-state index contributed by atoms with van der Waals surface area (Å²) < 4.78 is 0. The first-order chi connectivity index (χ1) is 5.67. The van der Waals surface area contributed by atoms with E-state index in [2.05, 4.69) is 44.5 Å². The molecule has 0 amide bonds. The van der Waals surface area contributed by atoms with Gasteiger partial charge >= 0.3 is 0 Å². The van der Waals surface area contributed by atoms with E-state index in [0.29, 0.717) is 0 Å². The minimum atomic E-state index is 1.02. The van der Waals surface area contributed by atoms with Crippen molar-refractivity contribution in [3.05, 3.63) is 24.4 Å². The molecule has 0 aliphatic heterocycles. The van der Waals surface area contributed by atoms with Crippen LogP contribution < -0.4 is 0 Å². The highest BCUT2D eigenvalue weighted by molar-refractivity contribution is 5.07. The Kier molecular flexibility index (Phi) is 5.47. The lowest BCUT2D eigenvalue weighted by Gasteiger charge is -2.30. The predicted molar refractivity (Wildman–Crippen MR) is 54.6 cm³/mol. The molecule has 70 valence electrons. The predicted octanol–water partition coefficient (Wildman–Crippen LogP) is 2.26. The van der Waals surface area contributed by atoms with Crippen molar-refractivity contribution in [1.82, 2.24) is 10.0 Å². The third-order valence-corrected chi connectivity index (χ3v) is 2.06. The Labute approximate surface area is 76.1 Å². The van der Waals surface area contributed by atoms with Crippen LogP contribution in [-0.4, -0.2) is 30.7 Å². The maximum Gasteiger partial charge on any atom is 0.0290 e. The van der Waals surface area contributed by atoms with Crippen LogP contribution in [0.25, 0.3) is 0 Å². The molecule has 0 aromatic rings. The van der Waals surface area contributed by atoms with Gasteiger partial charge in [0.05, 0.1) is 0 Å². The number of hydrazine groups is 1. The first-order valence-corrected chi connectivity index (χ1v) is 4.43. The maximum absolute atomic E-state index is 3.69. The van der Waals surface area contributed by atoms with Crippen LogP contribution in [0.2, 0.25) is 0 Å². The highest BCUT2D eigenvalue weighted by Gasteiger charge is 2.04. The molecule has 0 radical (unpaired) electrons. The molecule has 0 saturated heterocycles. The van der Waals surface area contributed by atoms with Crippen molar-refractivity contribution >= 4 is 0 Å². The van der Waals surface area contributed by atoms with Crippen LogP contribution in [0.3, 0.4) is 0 Å². The fourth-order valence-electron chi connectivity index (χ4n) is 1.02. The smallest absolute Gasteiger partial charge is 0.0290 e. The van der Waals surface area contributed by atoms with E-state index in [1.54, 1.807) is 0 Å². The van der Waals surface area contributed by atoms with Gasteiger partial charge in [-0.1, -0.05) is 26.5 Å². The standard InChI is InChI=1S/C10H20N2/c1-6-9-10(7-2)12(5)11(4)8-3/h6,9H,1,7-8H2,2-5H3/b10-9+. The average molecular weight is 168 g/mol. The molecule has 0 spiro atoms. The molecule has 0 N–H and O–H groups in total. The van der Waals surface area contributed by atoms with Crippen molar-refractivity contribution in [2.75, 3.05) is 20.6 Å². The van der Waals surface area contributed by atoms with E-state index in [-0.39, 0.29) is 0 Å². The van der Waals surface area contributed by atoms with Gasteiger partial charge in [0.15, 0.2) is 0 Å². The van der Waals surface area contributed by atoms with E-state index < -0.39 is 0 Å². The molecule has 2 heteroatoms. The molecular formula is C10H20N2. The van der Waals surface area contributed by atoms with Crippen LogP contribution in [0.1, 0.15) is 20.3 Å². The van der Waals surface area contributed by atoms with Crippen molar-refractivity contribution in [3.63, 3.8) is 0 Å². The van der Waals surface area contributed by atoms with Gasteiger partial charge in [0, 0.05) is 26.3 Å². The number of hydrogen-bond donors (Lipinski definition) is 0. The van der Waals surface area contributed by atoms with Gasteiger partial charge in [-0.2, -0.15) is 0 Å². The zero-order chi connectivity index (χ0) is 9.56. The van der Waals surface area contributed by atoms with Crippen molar-refractivity contribution in [3.8, 4) is 0 Å². The molecule has 0 saturated carbocycles. The van der Waals surface area contributed by atoms with Gasteiger partial charge in [0.1, 0.15) is 0 Å². The van der Waals surface area contributed by atoms with Gasteiger partial charge in [0.25, 0.3) is 0 Å². The Bertz CT molecular complexity index is 161. The number of rotatable bonds is 5. The molecule has 0 unspecified atom stereocenters. The summed E-state index contributed by atoms with van der Waals surface area (Å²) in [5.74, 6) is 0. The molecule has 0 aromatic carbocycles. The zero-order valence-corrected chi connectivity index (χ0v) is 8.67. The lowest BCUT2D eigenvalue weighted by Crippen LogP contribution is -2.35. The second-order valence-electron chi connectivity index (χ2n) is 2.74. The SMILES string of the molecule is C=C/C=C(\CC)N(C)N(C)CC. The highest BCUT2D eigenvalue weighted by Crippen LogP contribution is 2.07. The fourth-order valence-corrected chi connectivity index (χ4v) is 1.02. The fraction of sp³-hybridized carbons (Fsp3) is 0.600. The maximum atomic E-state index is 3.69. The summed E-state index contributed by atoms with van der Waals surface area (Å²) in [6.07, 6.45) is 4.91. The minimum absolute atomic E-state index is 1.02. The molecule has 0 bridgehead atoms. The van der Waals surface area contributed by atoms with Crippen LogP contribution in [0, 0.1) is 0 Å². The lowest BCUT2D eigenvalue weighted by molar-refractivity contribution is 0.0681. The quantitative estimate of drug-likeness (QED) is 0.459. The Morgan fingerprint density at radius 3 is 2.25 bits per heavy atom. The molecule has 0 aliphatic carbocycles. The number of allylic oxidation sites excluding steroid dienone is 3. The van der Waals surface area contributed by atoms with Crippen molar-refractivity contribution in [2.24, 2.45) is 0 Å². The molecule has 0 atom stereocenters. The number of hydrogen-bond acceptors (Lipinski definition) is 2. The first-order valence-electron chi connectivity index (χ1n) is 4.43. The van der Waals surface area contributed by atoms with E-state index in [1.807, 2.05) is 12.2 Å². The van der Waals surface area contributed by atoms with E-state index >= 15 is 0 Å². The van der Waals surface area contributed by atoms with Crippen molar-refractivity contribution in [2.45, 2.75) is 20.3 Å². The third-order valence-electron chi connectivity index (χ3n) is 2.06. The largest absolute Gasteiger partial charge is 0.313 e. The van der Waals surface area contributed by atoms with Crippen molar-refractivity contribution < 1.29 is 0 Å². The Morgan fingerprint density at radius 2 is 1.92 bits per heavy atom. The van der Waals surface area contributed by atoms with E-state index in [9.17, 15) is 0 Å². The molecule has 12 heavy (non-hydrogen) atoms. The first kappa shape index (κ1) is 11.2. The van der Waals surface area contributed by atoms with Crippen LogP contribution in [-0.2, 0) is 0 Å². The Morgan fingerprint density at radius 1 is 1.33 bits per heavy atom. The van der Waals surface area contributed by atoms with Gasteiger partial charge in [-0.25, -0.2) is 5.01 Å². The van der Waals surface area contributed by atoms with Gasteiger partial charge in [0.2, 0.25) is 0 Å². The zero-order valence-electron chi connectivity index (χ0n) is 8.67. The second-order valence-corrected chi connectivity index (χ2v) is 2.74. The second kappa shape index (κ2) is 5.84. The molecule has 0 rings (SSSR count). The van der Waals surface area contributed by atoms with Gasteiger partial charge in [-0.05, 0) is 12.5 Å². The molecular weight excluding hydrogens is 148 g/mol. The summed E-state index contributed by atoms with van der Waals surface area (Å²) in [5.41, 5.74) is 1.29. The van der Waals surface area contributed by atoms with Gasteiger partial charge in [-0.15, -0.1) is 0 Å². The summed E-state index contributed by atoms with van der Waals surface area (Å²) in [6, 6.07) is 0. The molecule has 0 fully saturated rings. The van der Waals surface area contributed by atoms with Gasteiger partial charge in [-0.3, -0.25) is 0 Å². The molecule has 0 aromatic heterocycles. The number of nitrogens with zero attached hydrogens (tertiary/aromatic N) is 2. The van der Waals surface area contributed by atoms with Crippen LogP contribution in [0.15, 0.2) is 24.4 Å². The van der Waals surface area contributed by atoms with E-state index in [1.165, 1.54) is 5.70 Å².